The van der Waals surface area contributed by atoms with Gasteiger partial charge in [-0.3, -0.25) is 4.57 Å². The fourth-order valence-corrected chi connectivity index (χ4v) is 2.97. The van der Waals surface area contributed by atoms with Crippen LogP contribution < -0.4 is 5.30 Å². The van der Waals surface area contributed by atoms with Crippen LogP contribution in [-0.4, -0.2) is 18.9 Å². The minimum Gasteiger partial charge on any atom is -0.452 e. The molecular weight excluding hydrogens is 239 g/mol. The van der Waals surface area contributed by atoms with Gasteiger partial charge in [-0.1, -0.05) is 24.8 Å². The van der Waals surface area contributed by atoms with E-state index in [9.17, 15) is 9.36 Å². The molecule has 0 saturated heterocycles. The Bertz CT molecular complexity index is 427. The largest absolute Gasteiger partial charge is 0.452 e. The minimum absolute atomic E-state index is 0.268. The molecule has 1 atom stereocenters. The van der Waals surface area contributed by atoms with Gasteiger partial charge in [0, 0.05) is 11.4 Å². The van der Waals surface area contributed by atoms with Crippen molar-refractivity contribution in [3.8, 4) is 0 Å². The van der Waals surface area contributed by atoms with Crippen molar-refractivity contribution in [2.75, 3.05) is 13.0 Å². The molecule has 0 aliphatic carbocycles. The molecule has 1 aromatic rings. The third-order valence-corrected chi connectivity index (χ3v) is 4.26. The number of hydrogen-bond donors (Lipinski definition) is 0. The highest BCUT2D eigenvalue weighted by Crippen LogP contribution is 2.45. The first-order valence-corrected chi connectivity index (χ1v) is 7.02. The van der Waals surface area contributed by atoms with Gasteiger partial charge in [-0.2, -0.15) is 0 Å². The predicted octanol–water partition coefficient (Wildman–Crippen LogP) is 2.31. The molecule has 0 fully saturated rings. The van der Waals surface area contributed by atoms with Gasteiger partial charge in [-0.05, 0) is 19.1 Å². The van der Waals surface area contributed by atoms with Crippen LogP contribution in [0.25, 0.3) is 0 Å². The van der Waals surface area contributed by atoms with Crippen molar-refractivity contribution in [1.29, 1.82) is 0 Å². The fourth-order valence-electron chi connectivity index (χ4n) is 1.26. The van der Waals surface area contributed by atoms with E-state index in [1.165, 1.54) is 0 Å². The first-order chi connectivity index (χ1) is 8.12. The van der Waals surface area contributed by atoms with E-state index < -0.39 is 13.3 Å². The highest BCUT2D eigenvalue weighted by atomic mass is 31.2. The number of hydrogen-bond acceptors (Lipinski definition) is 4. The van der Waals surface area contributed by atoms with E-state index in [1.54, 1.807) is 31.2 Å². The van der Waals surface area contributed by atoms with Gasteiger partial charge in [0.1, 0.15) is 0 Å². The molecule has 1 aromatic carbocycles. The smallest absolute Gasteiger partial charge is 0.330 e. The molecule has 0 radical (unpaired) electrons. The quantitative estimate of drug-likeness (QED) is 0.444. The average Bonchev–Trinajstić information content (AvgIpc) is 2.37. The van der Waals surface area contributed by atoms with Crippen LogP contribution in [0.2, 0.25) is 0 Å². The van der Waals surface area contributed by atoms with Crippen molar-refractivity contribution in [3.05, 3.63) is 43.0 Å². The Kier molecular flexibility index (Phi) is 5.13. The van der Waals surface area contributed by atoms with Crippen LogP contribution in [0.1, 0.15) is 6.92 Å². The van der Waals surface area contributed by atoms with Crippen molar-refractivity contribution < 1.29 is 18.6 Å². The number of ether oxygens (including phenoxy) is 1. The highest BCUT2D eigenvalue weighted by molar-refractivity contribution is 7.66. The molecule has 17 heavy (non-hydrogen) atoms. The summed E-state index contributed by atoms with van der Waals surface area (Å²) in [6.45, 7) is 5.31. The number of carbonyl (C=O) groups is 1. The Morgan fingerprint density at radius 2 is 2.06 bits per heavy atom. The SMILES string of the molecule is C=CC(=O)OCP(=O)(OCC)c1ccccc1. The Hall–Kier alpha value is -1.38. The predicted molar refractivity (Wildman–Crippen MR) is 66.5 cm³/mol. The summed E-state index contributed by atoms with van der Waals surface area (Å²) in [5, 5.41) is 0.540. The van der Waals surface area contributed by atoms with E-state index >= 15 is 0 Å². The summed E-state index contributed by atoms with van der Waals surface area (Å²) in [5.74, 6) is -0.610. The second-order valence-corrected chi connectivity index (χ2v) is 5.60. The molecular formula is C12H15O4P. The lowest BCUT2D eigenvalue weighted by atomic mass is 10.4. The van der Waals surface area contributed by atoms with Crippen LogP contribution in [0, 0.1) is 0 Å². The molecule has 0 amide bonds. The Morgan fingerprint density at radius 1 is 1.41 bits per heavy atom. The average molecular weight is 254 g/mol. The van der Waals surface area contributed by atoms with Gasteiger partial charge in [-0.15, -0.1) is 0 Å². The lowest BCUT2D eigenvalue weighted by Crippen LogP contribution is -2.14. The highest BCUT2D eigenvalue weighted by Gasteiger charge is 2.26. The zero-order valence-corrected chi connectivity index (χ0v) is 10.6. The Labute approximate surface area is 101 Å². The third-order valence-electron chi connectivity index (χ3n) is 2.03. The van der Waals surface area contributed by atoms with Crippen molar-refractivity contribution in [2.45, 2.75) is 6.92 Å². The molecule has 0 aliphatic heterocycles. The van der Waals surface area contributed by atoms with Gasteiger partial charge in [0.25, 0.3) is 7.37 Å². The van der Waals surface area contributed by atoms with Crippen LogP contribution in [-0.2, 0) is 18.6 Å². The molecule has 0 aromatic heterocycles. The molecule has 0 bridgehead atoms. The lowest BCUT2D eigenvalue weighted by Gasteiger charge is -2.17. The molecule has 5 heteroatoms. The number of carbonyl (C=O) groups excluding carboxylic acids is 1. The zero-order valence-electron chi connectivity index (χ0n) is 9.67. The Morgan fingerprint density at radius 3 is 2.59 bits per heavy atom. The van der Waals surface area contributed by atoms with E-state index in [0.29, 0.717) is 5.30 Å². The van der Waals surface area contributed by atoms with Crippen LogP contribution in [0.15, 0.2) is 43.0 Å². The molecule has 0 heterocycles. The second-order valence-electron chi connectivity index (χ2n) is 3.22. The maximum Gasteiger partial charge on any atom is 0.330 e. The summed E-state index contributed by atoms with van der Waals surface area (Å²) in [6, 6.07) is 8.72. The van der Waals surface area contributed by atoms with Gasteiger partial charge < -0.3 is 9.26 Å². The normalized spacial score (nSPS) is 13.7. The lowest BCUT2D eigenvalue weighted by molar-refractivity contribution is -0.136. The van der Waals surface area contributed by atoms with E-state index in [-0.39, 0.29) is 13.0 Å². The number of esters is 1. The van der Waals surface area contributed by atoms with E-state index in [4.69, 9.17) is 9.26 Å². The maximum atomic E-state index is 12.5. The Balaban J connectivity index is 2.86. The topological polar surface area (TPSA) is 52.6 Å². The number of benzene rings is 1. The van der Waals surface area contributed by atoms with Gasteiger partial charge in [0.2, 0.25) is 0 Å². The van der Waals surface area contributed by atoms with Crippen molar-refractivity contribution >= 4 is 18.6 Å². The molecule has 1 rings (SSSR count). The molecule has 0 N–H and O–H groups in total. The van der Waals surface area contributed by atoms with Crippen LogP contribution >= 0.6 is 7.37 Å². The van der Waals surface area contributed by atoms with Crippen molar-refractivity contribution in [3.63, 3.8) is 0 Å². The van der Waals surface area contributed by atoms with E-state index in [2.05, 4.69) is 6.58 Å². The van der Waals surface area contributed by atoms with E-state index in [1.807, 2.05) is 6.07 Å². The van der Waals surface area contributed by atoms with Gasteiger partial charge in [0.15, 0.2) is 6.35 Å². The fraction of sp³-hybridized carbons (Fsp3) is 0.250. The molecule has 4 nitrogen and oxygen atoms in total. The van der Waals surface area contributed by atoms with E-state index in [0.717, 1.165) is 6.08 Å². The maximum absolute atomic E-state index is 12.5. The van der Waals surface area contributed by atoms with Crippen molar-refractivity contribution in [1.82, 2.24) is 0 Å². The monoisotopic (exact) mass is 254 g/mol. The van der Waals surface area contributed by atoms with Crippen LogP contribution in [0.5, 0.6) is 0 Å². The summed E-state index contributed by atoms with van der Waals surface area (Å²) in [6.07, 6.45) is 0.761. The molecule has 1 unspecified atom stereocenters. The van der Waals surface area contributed by atoms with Gasteiger partial charge in [-0.25, -0.2) is 4.79 Å². The van der Waals surface area contributed by atoms with Gasteiger partial charge in [0.05, 0.1) is 6.61 Å². The minimum atomic E-state index is -3.13. The molecule has 0 saturated carbocycles. The van der Waals surface area contributed by atoms with Gasteiger partial charge >= 0.3 is 5.97 Å². The summed E-state index contributed by atoms with van der Waals surface area (Å²) < 4.78 is 22.6. The van der Waals surface area contributed by atoms with Crippen LogP contribution in [0.4, 0.5) is 0 Å². The summed E-state index contributed by atoms with van der Waals surface area (Å²) in [5.41, 5.74) is 0. The molecule has 0 aliphatic rings. The summed E-state index contributed by atoms with van der Waals surface area (Å²) >= 11 is 0. The summed E-state index contributed by atoms with van der Waals surface area (Å²) in [4.78, 5) is 11.0. The second kappa shape index (κ2) is 6.38. The first kappa shape index (κ1) is 13.7. The first-order valence-electron chi connectivity index (χ1n) is 5.21. The molecule has 92 valence electrons. The number of rotatable bonds is 6. The standard InChI is InChI=1S/C12H15O4P/c1-3-12(13)15-10-17(14,16-4-2)11-8-6-5-7-9-11/h3,5-9H,1,4,10H2,2H3. The summed E-state index contributed by atoms with van der Waals surface area (Å²) in [7, 11) is -3.13. The zero-order chi connectivity index (χ0) is 12.7. The van der Waals surface area contributed by atoms with Crippen LogP contribution in [0.3, 0.4) is 0 Å². The van der Waals surface area contributed by atoms with Crippen molar-refractivity contribution in [2.24, 2.45) is 0 Å². The molecule has 0 spiro atoms. The third kappa shape index (κ3) is 3.84.